The van der Waals surface area contributed by atoms with Crippen molar-refractivity contribution in [2.75, 3.05) is 6.61 Å². The highest BCUT2D eigenvalue weighted by molar-refractivity contribution is 6.25. The van der Waals surface area contributed by atoms with Gasteiger partial charge in [-0.3, -0.25) is 4.79 Å². The number of unbranched alkanes of at least 4 members (excludes halogenated alkanes) is 12. The minimum absolute atomic E-state index is 0.109. The molecule has 1 aromatic carbocycles. The minimum atomic E-state index is -0.109. The zero-order valence-electron chi connectivity index (χ0n) is 19.9. The average Bonchev–Trinajstić information content (AvgIpc) is 3.02. The Kier molecular flexibility index (Phi) is 13.9. The van der Waals surface area contributed by atoms with Crippen LogP contribution in [-0.4, -0.2) is 12.6 Å². The summed E-state index contributed by atoms with van der Waals surface area (Å²) in [6.45, 7) is 3.03. The summed E-state index contributed by atoms with van der Waals surface area (Å²) in [7, 11) is 0. The highest BCUT2D eigenvalue weighted by Crippen LogP contribution is 2.26. The largest absolute Gasteiger partial charge is 0.488 e. The van der Waals surface area contributed by atoms with E-state index in [-0.39, 0.29) is 5.97 Å². The first-order valence-corrected chi connectivity index (χ1v) is 13.0. The number of hydrogen-bond acceptors (Lipinski definition) is 3. The Morgan fingerprint density at radius 2 is 1.56 bits per heavy atom. The standard InChI is InChI=1S/C28H41ClO3/c1-2-3-4-5-6-7-8-9-10-11-12-13-14-15-28(30)32-22-24-17-19-27-26(20-24)18-16-25(21-29)23-31-27/h16-21H,2-15,22-23H2,1H3/b25-21-. The summed E-state index contributed by atoms with van der Waals surface area (Å²) in [5, 5.41) is 0. The van der Waals surface area contributed by atoms with E-state index in [0.717, 1.165) is 35.3 Å². The molecule has 0 saturated heterocycles. The zero-order valence-corrected chi connectivity index (χ0v) is 20.6. The number of carbonyl (C=O) groups is 1. The van der Waals surface area contributed by atoms with Crippen molar-refractivity contribution in [1.82, 2.24) is 0 Å². The Balaban J connectivity index is 1.49. The van der Waals surface area contributed by atoms with Crippen molar-refractivity contribution in [3.63, 3.8) is 0 Å². The van der Waals surface area contributed by atoms with Crippen LogP contribution in [-0.2, 0) is 16.1 Å². The molecule has 4 heteroatoms. The second-order valence-corrected chi connectivity index (χ2v) is 9.05. The fourth-order valence-corrected chi connectivity index (χ4v) is 4.08. The average molecular weight is 461 g/mol. The monoisotopic (exact) mass is 460 g/mol. The normalized spacial score (nSPS) is 14.1. The van der Waals surface area contributed by atoms with Gasteiger partial charge >= 0.3 is 5.97 Å². The van der Waals surface area contributed by atoms with Crippen molar-refractivity contribution >= 4 is 23.6 Å². The maximum absolute atomic E-state index is 12.1. The zero-order chi connectivity index (χ0) is 22.9. The van der Waals surface area contributed by atoms with Crippen molar-refractivity contribution in [3.05, 3.63) is 46.5 Å². The van der Waals surface area contributed by atoms with E-state index in [0.29, 0.717) is 19.6 Å². The summed E-state index contributed by atoms with van der Waals surface area (Å²) < 4.78 is 11.2. The molecule has 1 aliphatic rings. The highest BCUT2D eigenvalue weighted by atomic mass is 35.5. The van der Waals surface area contributed by atoms with E-state index in [2.05, 4.69) is 6.92 Å². The van der Waals surface area contributed by atoms with Crippen LogP contribution in [0, 0.1) is 0 Å². The fourth-order valence-electron chi connectivity index (χ4n) is 3.95. The Morgan fingerprint density at radius 3 is 2.19 bits per heavy atom. The molecular formula is C28H41ClO3. The van der Waals surface area contributed by atoms with Crippen LogP contribution in [0.2, 0.25) is 0 Å². The molecule has 0 aliphatic carbocycles. The first-order chi connectivity index (χ1) is 15.7. The number of hydrogen-bond donors (Lipinski definition) is 0. The summed E-state index contributed by atoms with van der Waals surface area (Å²) in [6.07, 6.45) is 21.4. The second kappa shape index (κ2) is 16.8. The Bertz CT molecular complexity index is 723. The van der Waals surface area contributed by atoms with Gasteiger partial charge in [-0.1, -0.05) is 114 Å². The summed E-state index contributed by atoms with van der Waals surface area (Å²) in [6, 6.07) is 5.87. The third-order valence-corrected chi connectivity index (χ3v) is 6.25. The van der Waals surface area contributed by atoms with E-state index in [4.69, 9.17) is 21.1 Å². The number of benzene rings is 1. The van der Waals surface area contributed by atoms with Gasteiger partial charge in [0.15, 0.2) is 0 Å². The molecule has 0 unspecified atom stereocenters. The minimum Gasteiger partial charge on any atom is -0.488 e. The molecule has 0 atom stereocenters. The predicted molar refractivity (Wildman–Crippen MR) is 135 cm³/mol. The molecule has 1 heterocycles. The van der Waals surface area contributed by atoms with Crippen molar-refractivity contribution in [1.29, 1.82) is 0 Å². The Labute approximate surface area is 200 Å². The van der Waals surface area contributed by atoms with Crippen molar-refractivity contribution < 1.29 is 14.3 Å². The third kappa shape index (κ3) is 11.2. The third-order valence-electron chi connectivity index (χ3n) is 5.97. The first kappa shape index (κ1) is 26.5. The SMILES string of the molecule is CCCCCCCCCCCCCCCC(=O)OCc1ccc2c(c1)C=C/C(=C/Cl)CO2. The van der Waals surface area contributed by atoms with E-state index < -0.39 is 0 Å². The molecule has 1 aliphatic heterocycles. The van der Waals surface area contributed by atoms with Gasteiger partial charge in [0.05, 0.1) is 0 Å². The predicted octanol–water partition coefficient (Wildman–Crippen LogP) is 8.74. The van der Waals surface area contributed by atoms with Gasteiger partial charge < -0.3 is 9.47 Å². The molecule has 0 fully saturated rings. The maximum Gasteiger partial charge on any atom is 0.306 e. The van der Waals surface area contributed by atoms with Gasteiger partial charge in [0.1, 0.15) is 19.0 Å². The highest BCUT2D eigenvalue weighted by Gasteiger charge is 2.09. The molecule has 32 heavy (non-hydrogen) atoms. The van der Waals surface area contributed by atoms with E-state index in [1.807, 2.05) is 30.4 Å². The lowest BCUT2D eigenvalue weighted by atomic mass is 10.0. The quantitative estimate of drug-likeness (QED) is 0.182. The first-order valence-electron chi connectivity index (χ1n) is 12.6. The number of fused-ring (bicyclic) bond motifs is 1. The van der Waals surface area contributed by atoms with Crippen LogP contribution in [0.4, 0.5) is 0 Å². The molecule has 0 amide bonds. The van der Waals surface area contributed by atoms with Crippen LogP contribution in [0.1, 0.15) is 108 Å². The molecular weight excluding hydrogens is 420 g/mol. The molecule has 0 bridgehead atoms. The molecule has 0 radical (unpaired) electrons. The Hall–Kier alpha value is -1.74. The molecule has 2 rings (SSSR count). The molecule has 0 saturated carbocycles. The van der Waals surface area contributed by atoms with Crippen LogP contribution in [0.5, 0.6) is 5.75 Å². The number of rotatable bonds is 16. The van der Waals surface area contributed by atoms with Crippen LogP contribution < -0.4 is 4.74 Å². The number of halogens is 1. The maximum atomic E-state index is 12.1. The number of carbonyl (C=O) groups excluding carboxylic acids is 1. The van der Waals surface area contributed by atoms with Gasteiger partial charge in [0, 0.05) is 23.1 Å². The van der Waals surface area contributed by atoms with E-state index in [9.17, 15) is 4.79 Å². The molecule has 0 N–H and O–H groups in total. The van der Waals surface area contributed by atoms with Gasteiger partial charge in [-0.05, 0) is 24.1 Å². The van der Waals surface area contributed by atoms with Crippen LogP contribution in [0.3, 0.4) is 0 Å². The van der Waals surface area contributed by atoms with Crippen molar-refractivity contribution in [2.45, 2.75) is 103 Å². The Morgan fingerprint density at radius 1 is 0.938 bits per heavy atom. The van der Waals surface area contributed by atoms with Gasteiger partial charge in [-0.15, -0.1) is 0 Å². The van der Waals surface area contributed by atoms with Gasteiger partial charge in [-0.2, -0.15) is 0 Å². The number of ether oxygens (including phenoxy) is 2. The molecule has 1 aromatic rings. The summed E-state index contributed by atoms with van der Waals surface area (Å²) in [4.78, 5) is 12.1. The van der Waals surface area contributed by atoms with Gasteiger partial charge in [-0.25, -0.2) is 0 Å². The van der Waals surface area contributed by atoms with Crippen LogP contribution >= 0.6 is 11.6 Å². The van der Waals surface area contributed by atoms with Crippen molar-refractivity contribution in [2.24, 2.45) is 0 Å². The summed E-state index contributed by atoms with van der Waals surface area (Å²) in [5.41, 5.74) is 4.40. The van der Waals surface area contributed by atoms with Crippen molar-refractivity contribution in [3.8, 4) is 5.75 Å². The van der Waals surface area contributed by atoms with Crippen LogP contribution in [0.25, 0.3) is 6.08 Å². The van der Waals surface area contributed by atoms with Gasteiger partial charge in [0.2, 0.25) is 0 Å². The van der Waals surface area contributed by atoms with E-state index >= 15 is 0 Å². The molecule has 0 spiro atoms. The fraction of sp³-hybridized carbons (Fsp3) is 0.607. The lowest BCUT2D eigenvalue weighted by molar-refractivity contribution is -0.145. The molecule has 3 nitrogen and oxygen atoms in total. The molecule has 178 valence electrons. The topological polar surface area (TPSA) is 35.5 Å². The molecule has 0 aromatic heterocycles. The second-order valence-electron chi connectivity index (χ2n) is 8.83. The lowest BCUT2D eigenvalue weighted by Gasteiger charge is -2.09. The number of esters is 1. The van der Waals surface area contributed by atoms with Crippen LogP contribution in [0.15, 0.2) is 35.4 Å². The van der Waals surface area contributed by atoms with Gasteiger partial charge in [0.25, 0.3) is 0 Å². The smallest absolute Gasteiger partial charge is 0.306 e. The van der Waals surface area contributed by atoms with E-state index in [1.165, 1.54) is 76.2 Å². The lowest BCUT2D eigenvalue weighted by Crippen LogP contribution is -2.05. The van der Waals surface area contributed by atoms with E-state index in [1.54, 1.807) is 0 Å². The summed E-state index contributed by atoms with van der Waals surface area (Å²) >= 11 is 5.77. The summed E-state index contributed by atoms with van der Waals surface area (Å²) in [5.74, 6) is 0.707.